The van der Waals surface area contributed by atoms with Crippen molar-refractivity contribution >= 4 is 77.9 Å². The van der Waals surface area contributed by atoms with E-state index >= 15 is 0 Å². The molecule has 116 valence electrons. The van der Waals surface area contributed by atoms with Gasteiger partial charge in [0.05, 0.1) is 10.7 Å². The zero-order valence-electron chi connectivity index (χ0n) is 11.6. The van der Waals surface area contributed by atoms with Gasteiger partial charge >= 0.3 is 0 Å². The fraction of sp³-hybridized carbons (Fsp3) is 0. The van der Waals surface area contributed by atoms with Crippen molar-refractivity contribution in [2.75, 3.05) is 5.32 Å². The van der Waals surface area contributed by atoms with Gasteiger partial charge in [0.2, 0.25) is 0 Å². The molecule has 0 unspecified atom stereocenters. The quantitative estimate of drug-likeness (QED) is 0.537. The first-order valence-corrected chi connectivity index (χ1v) is 8.99. The lowest BCUT2D eigenvalue weighted by molar-refractivity contribution is 0.0982. The molecule has 23 heavy (non-hydrogen) atoms. The van der Waals surface area contributed by atoms with Crippen molar-refractivity contribution < 1.29 is 4.79 Å². The number of thiophene rings is 1. The third kappa shape index (κ3) is 3.55. The summed E-state index contributed by atoms with van der Waals surface area (Å²) in [6.45, 7) is 0. The van der Waals surface area contributed by atoms with Crippen LogP contribution in [0, 0.1) is 0 Å². The van der Waals surface area contributed by atoms with Crippen molar-refractivity contribution in [1.29, 1.82) is 0 Å². The molecule has 0 aliphatic carbocycles. The normalized spacial score (nSPS) is 10.5. The number of hydrogen-bond donors (Lipinski definition) is 2. The van der Waals surface area contributed by atoms with Gasteiger partial charge in [-0.25, -0.2) is 0 Å². The fourth-order valence-electron chi connectivity index (χ4n) is 2.04. The number of anilines is 1. The van der Waals surface area contributed by atoms with Gasteiger partial charge in [0.1, 0.15) is 4.88 Å². The van der Waals surface area contributed by atoms with Crippen LogP contribution in [0.5, 0.6) is 0 Å². The minimum absolute atomic E-state index is 0.218. The minimum Gasteiger partial charge on any atom is -0.331 e. The zero-order valence-corrected chi connectivity index (χ0v) is 15.6. The molecule has 7 heteroatoms. The predicted molar refractivity (Wildman–Crippen MR) is 105 cm³/mol. The Hall–Kier alpha value is -1.47. The molecule has 0 aliphatic heterocycles. The standard InChI is InChI=1S/C16H10BrClN2OS2/c17-10-6-2-3-7-11(10)19-16(22)20-15(21)14-13(18)9-5-1-4-8-12(9)23-14/h1-8H,(H2,19,20,21,22). The summed E-state index contributed by atoms with van der Waals surface area (Å²) in [6.07, 6.45) is 0. The summed E-state index contributed by atoms with van der Waals surface area (Å²) >= 11 is 16.3. The van der Waals surface area contributed by atoms with Crippen LogP contribution in [0.3, 0.4) is 0 Å². The molecular formula is C16H10BrClN2OS2. The third-order valence-electron chi connectivity index (χ3n) is 3.09. The number of fused-ring (bicyclic) bond motifs is 1. The van der Waals surface area contributed by atoms with Crippen LogP contribution < -0.4 is 10.6 Å². The number of nitrogens with one attached hydrogen (secondary N) is 2. The van der Waals surface area contributed by atoms with Gasteiger partial charge in [-0.2, -0.15) is 0 Å². The van der Waals surface area contributed by atoms with Crippen LogP contribution in [0.15, 0.2) is 53.0 Å². The Morgan fingerprint density at radius 1 is 1.13 bits per heavy atom. The maximum Gasteiger partial charge on any atom is 0.269 e. The van der Waals surface area contributed by atoms with E-state index in [0.717, 1.165) is 20.2 Å². The first-order valence-electron chi connectivity index (χ1n) is 6.60. The van der Waals surface area contributed by atoms with E-state index in [4.69, 9.17) is 23.8 Å². The van der Waals surface area contributed by atoms with Crippen molar-refractivity contribution in [3.63, 3.8) is 0 Å². The SMILES string of the molecule is O=C(NC(=S)Nc1ccccc1Br)c1sc2ccccc2c1Cl. The molecule has 3 rings (SSSR count). The molecule has 0 saturated heterocycles. The molecule has 1 heterocycles. The molecule has 1 aromatic heterocycles. The summed E-state index contributed by atoms with van der Waals surface area (Å²) in [5.41, 5.74) is 0.778. The van der Waals surface area contributed by atoms with E-state index < -0.39 is 0 Å². The number of rotatable bonds is 2. The van der Waals surface area contributed by atoms with E-state index in [0.29, 0.717) is 9.90 Å². The van der Waals surface area contributed by atoms with Crippen molar-refractivity contribution in [2.45, 2.75) is 0 Å². The highest BCUT2D eigenvalue weighted by molar-refractivity contribution is 9.10. The Balaban J connectivity index is 1.77. The average Bonchev–Trinajstić information content (AvgIpc) is 2.87. The van der Waals surface area contributed by atoms with Gasteiger partial charge < -0.3 is 5.32 Å². The first-order chi connectivity index (χ1) is 11.1. The molecule has 0 saturated carbocycles. The number of hydrogen-bond acceptors (Lipinski definition) is 3. The van der Waals surface area contributed by atoms with Gasteiger partial charge in [-0.3, -0.25) is 10.1 Å². The summed E-state index contributed by atoms with van der Waals surface area (Å²) < 4.78 is 1.82. The number of amides is 1. The largest absolute Gasteiger partial charge is 0.331 e. The van der Waals surface area contributed by atoms with Gasteiger partial charge in [0.25, 0.3) is 5.91 Å². The van der Waals surface area contributed by atoms with Crippen LogP contribution in [0.25, 0.3) is 10.1 Å². The second-order valence-corrected chi connectivity index (χ2v) is 7.32. The van der Waals surface area contributed by atoms with Crippen LogP contribution in [-0.2, 0) is 0 Å². The Labute approximate surface area is 155 Å². The van der Waals surface area contributed by atoms with Crippen molar-refractivity contribution in [3.8, 4) is 0 Å². The molecule has 0 aliphatic rings. The lowest BCUT2D eigenvalue weighted by Crippen LogP contribution is -2.33. The Morgan fingerprint density at radius 3 is 2.57 bits per heavy atom. The van der Waals surface area contributed by atoms with Gasteiger partial charge in [0, 0.05) is 14.6 Å². The van der Waals surface area contributed by atoms with Crippen molar-refractivity contribution in [1.82, 2.24) is 5.32 Å². The monoisotopic (exact) mass is 424 g/mol. The summed E-state index contributed by atoms with van der Waals surface area (Å²) in [5.74, 6) is -0.319. The zero-order chi connectivity index (χ0) is 16.4. The molecule has 0 bridgehead atoms. The Bertz CT molecular complexity index is 910. The molecule has 2 aromatic carbocycles. The predicted octanol–water partition coefficient (Wildman–Crippen LogP) is 5.44. The highest BCUT2D eigenvalue weighted by Gasteiger charge is 2.17. The molecule has 3 nitrogen and oxygen atoms in total. The first kappa shape index (κ1) is 16.4. The Morgan fingerprint density at radius 2 is 1.83 bits per heavy atom. The summed E-state index contributed by atoms with van der Waals surface area (Å²) in [4.78, 5) is 12.8. The summed E-state index contributed by atoms with van der Waals surface area (Å²) in [6, 6.07) is 15.1. The number of halogens is 2. The van der Waals surface area contributed by atoms with E-state index in [1.807, 2.05) is 48.5 Å². The van der Waals surface area contributed by atoms with E-state index in [1.54, 1.807) is 0 Å². The maximum atomic E-state index is 12.4. The molecular weight excluding hydrogens is 416 g/mol. The van der Waals surface area contributed by atoms with Crippen LogP contribution in [0.4, 0.5) is 5.69 Å². The highest BCUT2D eigenvalue weighted by atomic mass is 79.9. The topological polar surface area (TPSA) is 41.1 Å². The Kier molecular flexibility index (Phi) is 4.96. The third-order valence-corrected chi connectivity index (χ3v) is 5.66. The number of carbonyl (C=O) groups excluding carboxylic acids is 1. The second-order valence-electron chi connectivity index (χ2n) is 4.63. The summed E-state index contributed by atoms with van der Waals surface area (Å²) in [5, 5.41) is 7.18. The lowest BCUT2D eigenvalue weighted by Gasteiger charge is -2.10. The van der Waals surface area contributed by atoms with E-state index in [9.17, 15) is 4.79 Å². The van der Waals surface area contributed by atoms with Crippen LogP contribution in [-0.4, -0.2) is 11.0 Å². The van der Waals surface area contributed by atoms with E-state index in [2.05, 4.69) is 26.6 Å². The van der Waals surface area contributed by atoms with Crippen molar-refractivity contribution in [2.24, 2.45) is 0 Å². The number of para-hydroxylation sites is 1. The lowest BCUT2D eigenvalue weighted by atomic mass is 10.2. The van der Waals surface area contributed by atoms with Gasteiger partial charge in [0.15, 0.2) is 5.11 Å². The van der Waals surface area contributed by atoms with Gasteiger partial charge in [-0.1, -0.05) is 41.9 Å². The summed E-state index contributed by atoms with van der Waals surface area (Å²) in [7, 11) is 0. The molecule has 2 N–H and O–H groups in total. The van der Waals surface area contributed by atoms with Gasteiger partial charge in [-0.05, 0) is 46.3 Å². The maximum absolute atomic E-state index is 12.4. The van der Waals surface area contributed by atoms with Crippen LogP contribution in [0.1, 0.15) is 9.67 Å². The fourth-order valence-corrected chi connectivity index (χ4v) is 4.03. The van der Waals surface area contributed by atoms with Gasteiger partial charge in [-0.15, -0.1) is 11.3 Å². The highest BCUT2D eigenvalue weighted by Crippen LogP contribution is 2.35. The molecule has 0 spiro atoms. The molecule has 0 fully saturated rings. The molecule has 0 atom stereocenters. The number of carbonyl (C=O) groups is 1. The average molecular weight is 426 g/mol. The second kappa shape index (κ2) is 6.97. The smallest absolute Gasteiger partial charge is 0.269 e. The molecule has 0 radical (unpaired) electrons. The van der Waals surface area contributed by atoms with E-state index in [-0.39, 0.29) is 11.0 Å². The molecule has 3 aromatic rings. The minimum atomic E-state index is -0.319. The van der Waals surface area contributed by atoms with Crippen LogP contribution in [0.2, 0.25) is 5.02 Å². The van der Waals surface area contributed by atoms with E-state index in [1.165, 1.54) is 11.3 Å². The molecule has 1 amide bonds. The van der Waals surface area contributed by atoms with Crippen molar-refractivity contribution in [3.05, 3.63) is 62.9 Å². The number of benzene rings is 2. The number of thiocarbonyl (C=S) groups is 1. The van der Waals surface area contributed by atoms with Crippen LogP contribution >= 0.6 is 51.1 Å².